The topological polar surface area (TPSA) is 212 Å². The van der Waals surface area contributed by atoms with Crippen molar-refractivity contribution >= 4 is 65.3 Å². The number of fused-ring (bicyclic) bond motifs is 1. The van der Waals surface area contributed by atoms with E-state index in [1.807, 2.05) is 12.1 Å². The van der Waals surface area contributed by atoms with Gasteiger partial charge in [0.15, 0.2) is 0 Å². The minimum absolute atomic E-state index is 0.00137. The molecule has 18 heteroatoms. The summed E-state index contributed by atoms with van der Waals surface area (Å²) >= 11 is 2.18. The highest BCUT2D eigenvalue weighted by Gasteiger charge is 2.37. The van der Waals surface area contributed by atoms with Crippen molar-refractivity contribution in [1.82, 2.24) is 0 Å². The van der Waals surface area contributed by atoms with Crippen molar-refractivity contribution in [2.45, 2.75) is 94.3 Å². The molecule has 6 rings (SSSR count). The zero-order valence-electron chi connectivity index (χ0n) is 38.8. The number of hydrogen-bond donors (Lipinski definition) is 0. The van der Waals surface area contributed by atoms with Crippen LogP contribution in [0.1, 0.15) is 83.6 Å². The number of rotatable bonds is 19. The second kappa shape index (κ2) is 25.1. The Bertz CT molecular complexity index is 2550. The van der Waals surface area contributed by atoms with Crippen molar-refractivity contribution in [2.24, 2.45) is 29.1 Å². The molecule has 2 aliphatic carbocycles. The van der Waals surface area contributed by atoms with Gasteiger partial charge in [0.05, 0.1) is 83.0 Å². The molecule has 3 aromatic carbocycles. The molecule has 16 nitrogen and oxygen atoms in total. The van der Waals surface area contributed by atoms with Crippen LogP contribution in [0.25, 0.3) is 4.85 Å². The largest absolute Gasteiger partial charge is 0.465 e. The summed E-state index contributed by atoms with van der Waals surface area (Å²) in [5, 5.41) is 9.63. The van der Waals surface area contributed by atoms with Gasteiger partial charge in [0.1, 0.15) is 23.0 Å². The molecule has 0 N–H and O–H groups in total. The molecule has 70 heavy (non-hydrogen) atoms. The van der Waals surface area contributed by atoms with Gasteiger partial charge in [0, 0.05) is 17.9 Å². The lowest BCUT2D eigenvalue weighted by molar-refractivity contribution is -0.154. The van der Waals surface area contributed by atoms with Crippen LogP contribution in [0.2, 0.25) is 0 Å². The number of nitriles is 1. The number of ether oxygens (including phenoxy) is 7. The van der Waals surface area contributed by atoms with Crippen molar-refractivity contribution < 1.29 is 66.7 Å². The summed E-state index contributed by atoms with van der Waals surface area (Å²) in [6, 6.07) is 20.5. The molecule has 0 radical (unpaired) electrons. The van der Waals surface area contributed by atoms with Gasteiger partial charge >= 0.3 is 41.8 Å². The average molecular weight is 993 g/mol. The molecular weight excluding hydrogens is 941 g/mol. The van der Waals surface area contributed by atoms with Crippen LogP contribution < -0.4 is 18.9 Å². The molecular formula is C52H52N2O14S2. The zero-order valence-corrected chi connectivity index (χ0v) is 40.4. The first kappa shape index (κ1) is 52.5. The minimum atomic E-state index is -0.618. The minimum Gasteiger partial charge on any atom is -0.465 e. The highest BCUT2D eigenvalue weighted by Crippen LogP contribution is 2.59. The Kier molecular flexibility index (Phi) is 18.8. The van der Waals surface area contributed by atoms with Gasteiger partial charge in [0.2, 0.25) is 0 Å². The number of nitrogens with zero attached hydrogens (tertiary/aromatic N) is 2. The summed E-state index contributed by atoms with van der Waals surface area (Å²) in [6.45, 7) is 14.5. The molecule has 0 spiro atoms. The van der Waals surface area contributed by atoms with Crippen molar-refractivity contribution in [2.75, 3.05) is 19.8 Å². The molecule has 0 amide bonds. The van der Waals surface area contributed by atoms with Crippen molar-refractivity contribution in [1.29, 1.82) is 5.26 Å². The third kappa shape index (κ3) is 15.1. The number of thioether (sulfide) groups is 2. The lowest BCUT2D eigenvalue weighted by Crippen LogP contribution is -2.30. The maximum atomic E-state index is 13.6. The van der Waals surface area contributed by atoms with E-state index in [0.29, 0.717) is 83.3 Å². The Hall–Kier alpha value is -6.89. The van der Waals surface area contributed by atoms with E-state index in [4.69, 9.17) is 39.7 Å². The Balaban J connectivity index is 0.929. The summed E-state index contributed by atoms with van der Waals surface area (Å²) < 4.78 is 38.9. The van der Waals surface area contributed by atoms with E-state index in [-0.39, 0.29) is 61.7 Å². The van der Waals surface area contributed by atoms with Crippen molar-refractivity contribution in [3.63, 3.8) is 0 Å². The van der Waals surface area contributed by atoms with Crippen molar-refractivity contribution in [3.8, 4) is 29.1 Å². The second-order valence-electron chi connectivity index (χ2n) is 17.6. The predicted molar refractivity (Wildman–Crippen MR) is 254 cm³/mol. The number of esters is 7. The second-order valence-corrected chi connectivity index (χ2v) is 19.9. The maximum Gasteiger partial charge on any atom is 0.330 e. The fraction of sp³-hybridized carbons (Fsp3) is 0.404. The van der Waals surface area contributed by atoms with Crippen LogP contribution in [0.3, 0.4) is 0 Å². The first-order valence-corrected chi connectivity index (χ1v) is 24.4. The zero-order chi connectivity index (χ0) is 50.2. The first-order valence-electron chi connectivity index (χ1n) is 22.8. The molecule has 2 fully saturated rings. The molecule has 0 atom stereocenters. The molecule has 3 aromatic rings. The van der Waals surface area contributed by atoms with Gasteiger partial charge in [-0.15, -0.1) is 0 Å². The fourth-order valence-electron chi connectivity index (χ4n) is 7.70. The van der Waals surface area contributed by atoms with E-state index in [1.165, 1.54) is 12.1 Å². The van der Waals surface area contributed by atoms with E-state index in [9.17, 15) is 38.8 Å². The van der Waals surface area contributed by atoms with Crippen molar-refractivity contribution in [3.05, 3.63) is 106 Å². The number of para-hydroxylation sites is 1. The summed E-state index contributed by atoms with van der Waals surface area (Å²) in [5.74, 6) is -4.00. The van der Waals surface area contributed by atoms with Crippen LogP contribution in [-0.4, -0.2) is 61.6 Å². The standard InChI is InChI=1S/C52H52N2O14S2/c1-5-42(55)63-30-52(2,3)31-64-44(57)26-25-43(56)62-28-27-32-11-21-38(22-12-32)66-48(59)34-15-19-36(20-16-34)50(61)68-41-24-23-40(45-46(41)70-51(69-45)39(29-53)54-4)67-49(60)35-17-13-33(14-18-35)47(58)65-37-9-7-6-8-10-37/h5-12,21-24,33-36H,1,13-20,25-28,30-31H2,2-3H3/b51-39+. The van der Waals surface area contributed by atoms with Crippen LogP contribution in [0.4, 0.5) is 0 Å². The third-order valence-electron chi connectivity index (χ3n) is 11.7. The molecule has 2 saturated carbocycles. The highest BCUT2D eigenvalue weighted by molar-refractivity contribution is 8.24. The van der Waals surface area contributed by atoms with E-state index in [2.05, 4.69) is 11.4 Å². The Morgan fingerprint density at radius 1 is 0.657 bits per heavy atom. The SMILES string of the molecule is [C-]#[N+]/C(C#N)=C1\Sc2c(OC(=O)C3CCC(C(=O)Oc4ccccc4)CC3)ccc(OC(=O)C3CCC(C(=O)Oc4ccc(CCOC(=O)CCC(=O)OCC(C)(C)COC(=O)C=C)cc4)CC3)c2S1. The number of carbonyl (C=O) groups excluding carboxylic acids is 7. The fourth-order valence-corrected chi connectivity index (χ4v) is 10.2. The van der Waals surface area contributed by atoms with Gasteiger partial charge in [-0.1, -0.05) is 74.3 Å². The van der Waals surface area contributed by atoms with Gasteiger partial charge in [-0.3, -0.25) is 28.8 Å². The molecule has 0 aromatic heterocycles. The van der Waals surface area contributed by atoms with Crippen LogP contribution in [-0.2, 0) is 54.2 Å². The number of carbonyl (C=O) groups is 7. The lowest BCUT2D eigenvalue weighted by atomic mass is 9.82. The van der Waals surface area contributed by atoms with Crippen LogP contribution in [0.5, 0.6) is 23.0 Å². The third-order valence-corrected chi connectivity index (χ3v) is 14.3. The molecule has 0 unspecified atom stereocenters. The lowest BCUT2D eigenvalue weighted by Gasteiger charge is -2.26. The number of allylic oxidation sites excluding steroid dienone is 1. The molecule has 3 aliphatic rings. The monoisotopic (exact) mass is 992 g/mol. The van der Waals surface area contributed by atoms with E-state index < -0.39 is 59.0 Å². The summed E-state index contributed by atoms with van der Waals surface area (Å²) in [4.78, 5) is 92.8. The van der Waals surface area contributed by atoms with Crippen LogP contribution in [0, 0.1) is 47.0 Å². The van der Waals surface area contributed by atoms with Gasteiger partial charge in [-0.05, 0) is 93.3 Å². The molecule has 0 bridgehead atoms. The van der Waals surface area contributed by atoms with Gasteiger partial charge in [0.25, 0.3) is 5.70 Å². The van der Waals surface area contributed by atoms with Crippen LogP contribution in [0.15, 0.2) is 99.1 Å². The number of hydrogen-bond acceptors (Lipinski definition) is 17. The highest BCUT2D eigenvalue weighted by atomic mass is 32.2. The molecule has 1 heterocycles. The Morgan fingerprint density at radius 3 is 1.56 bits per heavy atom. The summed E-state index contributed by atoms with van der Waals surface area (Å²) in [6.07, 6.45) is 4.41. The first-order chi connectivity index (χ1) is 33.6. The quantitative estimate of drug-likeness (QED) is 0.0273. The maximum absolute atomic E-state index is 13.6. The smallest absolute Gasteiger partial charge is 0.330 e. The van der Waals surface area contributed by atoms with Gasteiger partial charge in [-0.25, -0.2) is 14.9 Å². The summed E-state index contributed by atoms with van der Waals surface area (Å²) in [7, 11) is 0. The average Bonchev–Trinajstić information content (AvgIpc) is 3.82. The molecule has 366 valence electrons. The van der Waals surface area contributed by atoms with E-state index in [1.54, 1.807) is 62.4 Å². The molecule has 1 aliphatic heterocycles. The normalized spacial score (nSPS) is 19.1. The van der Waals surface area contributed by atoms with Crippen LogP contribution >= 0.6 is 23.5 Å². The summed E-state index contributed by atoms with van der Waals surface area (Å²) in [5.41, 5.74) is 0.0555. The molecule has 0 saturated heterocycles. The Labute approximate surface area is 414 Å². The van der Waals surface area contributed by atoms with E-state index in [0.717, 1.165) is 35.2 Å². The number of benzene rings is 3. The predicted octanol–water partition coefficient (Wildman–Crippen LogP) is 9.30. The van der Waals surface area contributed by atoms with E-state index >= 15 is 0 Å². The Morgan fingerprint density at radius 2 is 1.10 bits per heavy atom. The van der Waals surface area contributed by atoms with Gasteiger partial charge < -0.3 is 33.2 Å². The van der Waals surface area contributed by atoms with Gasteiger partial charge in [-0.2, -0.15) is 0 Å².